The highest BCUT2D eigenvalue weighted by molar-refractivity contribution is 14.1. The van der Waals surface area contributed by atoms with Crippen molar-refractivity contribution in [3.63, 3.8) is 0 Å². The topological polar surface area (TPSA) is 120 Å². The van der Waals surface area contributed by atoms with E-state index >= 15 is 0 Å². The van der Waals surface area contributed by atoms with E-state index in [-0.39, 0.29) is 45.7 Å². The van der Waals surface area contributed by atoms with Crippen molar-refractivity contribution in [1.82, 2.24) is 35.1 Å². The first-order valence-electron chi connectivity index (χ1n) is 12.8. The molecule has 4 aromatic rings. The monoisotopic (exact) mass is 770 g/mol. The van der Waals surface area contributed by atoms with E-state index in [9.17, 15) is 40.3 Å². The number of alkyl halides is 7. The molecule has 0 spiro atoms. The van der Waals surface area contributed by atoms with Crippen molar-refractivity contribution < 1.29 is 40.3 Å². The van der Waals surface area contributed by atoms with Crippen LogP contribution in [0.3, 0.4) is 0 Å². The van der Waals surface area contributed by atoms with Gasteiger partial charge in [0.2, 0.25) is 0 Å². The molecule has 1 fully saturated rings. The van der Waals surface area contributed by atoms with E-state index in [1.54, 1.807) is 19.1 Å². The molecule has 0 aliphatic heterocycles. The van der Waals surface area contributed by atoms with Gasteiger partial charge in [0.15, 0.2) is 11.5 Å². The molecule has 19 heteroatoms. The number of nitrogens with one attached hydrogen (secondary N) is 2. The molecule has 0 bridgehead atoms. The van der Waals surface area contributed by atoms with Crippen molar-refractivity contribution in [2.45, 2.75) is 50.4 Å². The number of halogens is 9. The van der Waals surface area contributed by atoms with E-state index in [0.29, 0.717) is 10.4 Å². The zero-order valence-electron chi connectivity index (χ0n) is 22.6. The van der Waals surface area contributed by atoms with Crippen LogP contribution in [0.2, 0.25) is 5.02 Å². The summed E-state index contributed by atoms with van der Waals surface area (Å²) in [5.41, 5.74) is -1.29. The molecule has 0 radical (unpaired) electrons. The standard InChI is InChI=1S/C26H19ClF7IN8O2/c1-12-7-13(35)8-16(22(44)38-14-4-5-14)20(12)39-23(45)18-9-15(40-43(18)21-17(27)3-2-6-36-21)11-42-37-10-19(41-42)24(28,29)25(30,31)26(32,33)34/h2-3,6-10,14H,4-5,11H2,1H3,(H,38,44)(H,39,45). The van der Waals surface area contributed by atoms with Gasteiger partial charge in [-0.25, -0.2) is 9.67 Å². The quantitative estimate of drug-likeness (QED) is 0.162. The Labute approximate surface area is 267 Å². The van der Waals surface area contributed by atoms with Gasteiger partial charge in [-0.1, -0.05) is 11.6 Å². The summed E-state index contributed by atoms with van der Waals surface area (Å²) in [7, 11) is 0. The predicted octanol–water partition coefficient (Wildman–Crippen LogP) is 5.91. The lowest BCUT2D eigenvalue weighted by Gasteiger charge is -2.26. The molecular weight excluding hydrogens is 752 g/mol. The third-order valence-corrected chi connectivity index (χ3v) is 7.46. The molecule has 5 rings (SSSR count). The second-order valence-corrected chi connectivity index (χ2v) is 11.6. The second kappa shape index (κ2) is 11.8. The Kier molecular flexibility index (Phi) is 8.58. The lowest BCUT2D eigenvalue weighted by atomic mass is 10.1. The van der Waals surface area contributed by atoms with E-state index in [2.05, 4.69) is 30.9 Å². The van der Waals surface area contributed by atoms with Gasteiger partial charge in [0.05, 0.1) is 28.2 Å². The fourth-order valence-corrected chi connectivity index (χ4v) is 5.10. The molecule has 2 amide bonds. The maximum atomic E-state index is 14.1. The van der Waals surface area contributed by atoms with Crippen LogP contribution in [0.1, 0.15) is 50.6 Å². The van der Waals surface area contributed by atoms with Gasteiger partial charge in [0.1, 0.15) is 12.2 Å². The van der Waals surface area contributed by atoms with Crippen LogP contribution < -0.4 is 10.6 Å². The van der Waals surface area contributed by atoms with Gasteiger partial charge >= 0.3 is 18.0 Å². The van der Waals surface area contributed by atoms with Gasteiger partial charge in [0.25, 0.3) is 11.8 Å². The number of aromatic nitrogens is 6. The Bertz CT molecular complexity index is 1790. The van der Waals surface area contributed by atoms with Crippen LogP contribution in [0.5, 0.6) is 0 Å². The number of aryl methyl sites for hydroxylation is 1. The number of amides is 2. The number of carbonyl (C=O) groups excluding carboxylic acids is 2. The third kappa shape index (κ3) is 6.47. The fraction of sp³-hybridized carbons (Fsp3) is 0.308. The molecule has 3 heterocycles. The first kappa shape index (κ1) is 32.6. The lowest BCUT2D eigenvalue weighted by Crippen LogP contribution is -2.50. The average molecular weight is 771 g/mol. The minimum Gasteiger partial charge on any atom is -0.349 e. The maximum absolute atomic E-state index is 14.1. The molecule has 0 saturated heterocycles. The SMILES string of the molecule is Cc1cc(I)cc(C(=O)NC2CC2)c1NC(=O)c1cc(Cn2ncc(C(F)(F)C(F)(F)C(F)(F)F)n2)nn1-c1ncccc1Cl. The van der Waals surface area contributed by atoms with E-state index in [0.717, 1.165) is 27.2 Å². The first-order valence-corrected chi connectivity index (χ1v) is 14.3. The smallest absolute Gasteiger partial charge is 0.349 e. The molecular formula is C26H19ClF7IN8O2. The van der Waals surface area contributed by atoms with Gasteiger partial charge in [-0.2, -0.15) is 50.8 Å². The molecule has 1 saturated carbocycles. The number of nitrogens with zero attached hydrogens (tertiary/aromatic N) is 6. The molecule has 1 aromatic carbocycles. The Balaban J connectivity index is 1.49. The zero-order chi connectivity index (χ0) is 32.9. The van der Waals surface area contributed by atoms with E-state index < -0.39 is 42.1 Å². The van der Waals surface area contributed by atoms with Crippen LogP contribution in [0, 0.1) is 10.5 Å². The summed E-state index contributed by atoms with van der Waals surface area (Å²) >= 11 is 8.31. The Morgan fingerprint density at radius 1 is 1.07 bits per heavy atom. The lowest BCUT2D eigenvalue weighted by molar-refractivity contribution is -0.360. The Hall–Kier alpha value is -3.81. The minimum atomic E-state index is -6.56. The molecule has 1 aliphatic rings. The minimum absolute atomic E-state index is 0.0329. The summed E-state index contributed by atoms with van der Waals surface area (Å²) in [6.07, 6.45) is -3.47. The van der Waals surface area contributed by atoms with E-state index in [1.807, 2.05) is 22.6 Å². The molecule has 45 heavy (non-hydrogen) atoms. The van der Waals surface area contributed by atoms with Gasteiger partial charge < -0.3 is 10.6 Å². The van der Waals surface area contributed by atoms with Gasteiger partial charge in [0, 0.05) is 15.8 Å². The maximum Gasteiger partial charge on any atom is 0.460 e. The molecule has 2 N–H and O–H groups in total. The zero-order valence-corrected chi connectivity index (χ0v) is 25.6. The number of hydrogen-bond acceptors (Lipinski definition) is 6. The fourth-order valence-electron chi connectivity index (χ4n) is 4.12. The average Bonchev–Trinajstić information content (AvgIpc) is 3.46. The highest BCUT2D eigenvalue weighted by atomic mass is 127. The molecule has 3 aromatic heterocycles. The Morgan fingerprint density at radius 3 is 2.42 bits per heavy atom. The van der Waals surface area contributed by atoms with E-state index in [4.69, 9.17) is 11.6 Å². The van der Waals surface area contributed by atoms with E-state index in [1.165, 1.54) is 18.3 Å². The van der Waals surface area contributed by atoms with Crippen molar-refractivity contribution >= 4 is 51.7 Å². The molecule has 1 aliphatic carbocycles. The van der Waals surface area contributed by atoms with Crippen LogP contribution in [0.4, 0.5) is 36.4 Å². The summed E-state index contributed by atoms with van der Waals surface area (Å²) in [5, 5.41) is 16.3. The summed E-state index contributed by atoms with van der Waals surface area (Å²) < 4.78 is 95.0. The predicted molar refractivity (Wildman–Crippen MR) is 153 cm³/mol. The summed E-state index contributed by atoms with van der Waals surface area (Å²) in [6.45, 7) is 1.05. The number of rotatable bonds is 9. The normalized spacial score (nSPS) is 14.0. The molecule has 0 unspecified atom stereocenters. The van der Waals surface area contributed by atoms with Gasteiger partial charge in [-0.15, -0.1) is 0 Å². The number of benzene rings is 1. The second-order valence-electron chi connectivity index (χ2n) is 10.00. The van der Waals surface area contributed by atoms with Crippen LogP contribution >= 0.6 is 34.2 Å². The first-order chi connectivity index (χ1) is 21.0. The molecule has 10 nitrogen and oxygen atoms in total. The largest absolute Gasteiger partial charge is 0.460 e. The van der Waals surface area contributed by atoms with Gasteiger partial charge in [-0.3, -0.25) is 9.59 Å². The third-order valence-electron chi connectivity index (χ3n) is 6.54. The molecule has 0 atom stereocenters. The van der Waals surface area contributed by atoms with Crippen LogP contribution in [-0.4, -0.2) is 59.7 Å². The van der Waals surface area contributed by atoms with Crippen LogP contribution in [0.15, 0.2) is 42.7 Å². The number of pyridine rings is 1. The number of anilines is 1. The molecule has 238 valence electrons. The van der Waals surface area contributed by atoms with Crippen molar-refractivity contribution in [1.29, 1.82) is 0 Å². The highest BCUT2D eigenvalue weighted by Gasteiger charge is 2.74. The van der Waals surface area contributed by atoms with Crippen molar-refractivity contribution in [2.75, 3.05) is 5.32 Å². The number of hydrogen-bond donors (Lipinski definition) is 2. The summed E-state index contributed by atoms with van der Waals surface area (Å²) in [5.74, 6) is -13.4. The highest BCUT2D eigenvalue weighted by Crippen LogP contribution is 2.51. The van der Waals surface area contributed by atoms with Crippen LogP contribution in [-0.2, 0) is 12.5 Å². The number of carbonyl (C=O) groups is 2. The summed E-state index contributed by atoms with van der Waals surface area (Å²) in [6, 6.07) is 7.48. The summed E-state index contributed by atoms with van der Waals surface area (Å²) in [4.78, 5) is 31.2. The Morgan fingerprint density at radius 2 is 1.78 bits per heavy atom. The van der Waals surface area contributed by atoms with Crippen LogP contribution in [0.25, 0.3) is 5.82 Å². The van der Waals surface area contributed by atoms with Crippen molar-refractivity contribution in [3.05, 3.63) is 79.5 Å². The van der Waals surface area contributed by atoms with Gasteiger partial charge in [-0.05, 0) is 78.3 Å². The van der Waals surface area contributed by atoms with Crippen molar-refractivity contribution in [2.24, 2.45) is 0 Å². The van der Waals surface area contributed by atoms with Crippen molar-refractivity contribution in [3.8, 4) is 5.82 Å².